The van der Waals surface area contributed by atoms with E-state index in [-0.39, 0.29) is 18.9 Å². The van der Waals surface area contributed by atoms with Crippen molar-refractivity contribution in [2.75, 3.05) is 19.6 Å². The lowest BCUT2D eigenvalue weighted by Gasteiger charge is -2.25. The highest BCUT2D eigenvalue weighted by Crippen LogP contribution is 2.31. The molecule has 0 aromatic carbocycles. The number of aliphatic carboxylic acids is 1. The Balaban J connectivity index is 2.00. The molecule has 1 N–H and O–H groups in total. The average molecular weight is 300 g/mol. The zero-order valence-electron chi connectivity index (χ0n) is 10.5. The number of thioether (sulfide) groups is 1. The second-order valence-corrected chi connectivity index (χ2v) is 6.23. The van der Waals surface area contributed by atoms with Crippen molar-refractivity contribution in [3.05, 3.63) is 11.1 Å². The number of amides is 1. The lowest BCUT2D eigenvalue weighted by atomic mass is 10.1. The van der Waals surface area contributed by atoms with E-state index in [1.165, 1.54) is 23.1 Å². The number of carbonyl (C=O) groups is 2. The van der Waals surface area contributed by atoms with E-state index in [9.17, 15) is 9.59 Å². The summed E-state index contributed by atoms with van der Waals surface area (Å²) in [4.78, 5) is 26.8. The van der Waals surface area contributed by atoms with Gasteiger partial charge in [0.1, 0.15) is 4.32 Å². The third-order valence-electron chi connectivity index (χ3n) is 3.11. The molecule has 0 bridgehead atoms. The fourth-order valence-corrected chi connectivity index (χ4v) is 3.42. The molecule has 7 heteroatoms. The van der Waals surface area contributed by atoms with Gasteiger partial charge in [0, 0.05) is 25.8 Å². The van der Waals surface area contributed by atoms with Crippen molar-refractivity contribution >= 4 is 40.2 Å². The molecule has 0 aromatic heterocycles. The van der Waals surface area contributed by atoms with Crippen LogP contribution < -0.4 is 0 Å². The molecule has 104 valence electrons. The summed E-state index contributed by atoms with van der Waals surface area (Å²) in [5.74, 6) is -1.09. The lowest BCUT2D eigenvalue weighted by molar-refractivity contribution is -0.137. The van der Waals surface area contributed by atoms with Crippen molar-refractivity contribution < 1.29 is 14.7 Å². The van der Waals surface area contributed by atoms with Crippen LogP contribution in [0.1, 0.15) is 25.7 Å². The van der Waals surface area contributed by atoms with Crippen molar-refractivity contribution in [1.82, 2.24) is 9.80 Å². The lowest BCUT2D eigenvalue weighted by Crippen LogP contribution is -2.31. The first-order valence-electron chi connectivity index (χ1n) is 6.29. The van der Waals surface area contributed by atoms with Crippen molar-refractivity contribution in [2.24, 2.45) is 0 Å². The predicted octanol–water partition coefficient (Wildman–Crippen LogP) is 1.65. The third-order valence-corrected chi connectivity index (χ3v) is 4.48. The van der Waals surface area contributed by atoms with Crippen LogP contribution in [0.4, 0.5) is 0 Å². The molecule has 0 atom stereocenters. The van der Waals surface area contributed by atoms with Crippen LogP contribution in [-0.2, 0) is 9.59 Å². The normalized spacial score (nSPS) is 22.4. The number of carboxylic acids is 1. The number of nitrogens with zero attached hydrogens (tertiary/aromatic N) is 2. The van der Waals surface area contributed by atoms with Crippen LogP contribution in [0.15, 0.2) is 11.1 Å². The van der Waals surface area contributed by atoms with Gasteiger partial charge in [-0.1, -0.05) is 24.0 Å². The van der Waals surface area contributed by atoms with Gasteiger partial charge in [-0.05, 0) is 19.3 Å². The second kappa shape index (κ2) is 6.38. The minimum absolute atomic E-state index is 0.0799. The van der Waals surface area contributed by atoms with Crippen molar-refractivity contribution in [2.45, 2.75) is 25.7 Å². The van der Waals surface area contributed by atoms with Gasteiger partial charge >= 0.3 is 5.97 Å². The summed E-state index contributed by atoms with van der Waals surface area (Å²) in [5.41, 5.74) is 0. The Kier molecular flexibility index (Phi) is 4.81. The summed E-state index contributed by atoms with van der Waals surface area (Å²) in [7, 11) is 0. The first kappa shape index (κ1) is 14.3. The molecule has 0 aliphatic carbocycles. The SMILES string of the molecule is O=C(O)CCN1C(=O)/C(=C\N2CCCCC2)SC1=S. The standard InChI is InChI=1S/C12H16N2O3S2/c15-10(16)4-7-14-11(17)9(19-12(14)18)8-13-5-2-1-3-6-13/h8H,1-7H2,(H,15,16)/b9-8+. The first-order chi connectivity index (χ1) is 9.08. The molecular formula is C12H16N2O3S2. The zero-order chi connectivity index (χ0) is 13.8. The molecule has 19 heavy (non-hydrogen) atoms. The second-order valence-electron chi connectivity index (χ2n) is 4.56. The van der Waals surface area contributed by atoms with Crippen molar-refractivity contribution in [3.8, 4) is 0 Å². The smallest absolute Gasteiger partial charge is 0.305 e. The number of hydrogen-bond donors (Lipinski definition) is 1. The molecule has 2 aliphatic rings. The van der Waals surface area contributed by atoms with Gasteiger partial charge in [0.15, 0.2) is 0 Å². The Morgan fingerprint density at radius 1 is 1.37 bits per heavy atom. The molecule has 2 saturated heterocycles. The zero-order valence-corrected chi connectivity index (χ0v) is 12.1. The molecule has 2 aliphatic heterocycles. The minimum Gasteiger partial charge on any atom is -0.481 e. The number of carboxylic acid groups (broad SMARTS) is 1. The number of rotatable bonds is 4. The molecule has 0 aromatic rings. The van der Waals surface area contributed by atoms with Gasteiger partial charge in [0.25, 0.3) is 5.91 Å². The Hall–Kier alpha value is -1.08. The molecule has 0 radical (unpaired) electrons. The van der Waals surface area contributed by atoms with E-state index in [1.54, 1.807) is 0 Å². The van der Waals surface area contributed by atoms with E-state index in [0.29, 0.717) is 9.23 Å². The molecule has 1 amide bonds. The maximum Gasteiger partial charge on any atom is 0.305 e. The van der Waals surface area contributed by atoms with Gasteiger partial charge < -0.3 is 10.0 Å². The molecule has 2 heterocycles. The first-order valence-corrected chi connectivity index (χ1v) is 7.52. The van der Waals surface area contributed by atoms with Gasteiger partial charge in [-0.25, -0.2) is 0 Å². The summed E-state index contributed by atoms with van der Waals surface area (Å²) in [6, 6.07) is 0. The van der Waals surface area contributed by atoms with E-state index in [4.69, 9.17) is 17.3 Å². The topological polar surface area (TPSA) is 60.9 Å². The van der Waals surface area contributed by atoms with E-state index in [0.717, 1.165) is 25.9 Å². The Morgan fingerprint density at radius 3 is 2.68 bits per heavy atom. The summed E-state index contributed by atoms with van der Waals surface area (Å²) in [6.45, 7) is 2.09. The van der Waals surface area contributed by atoms with Crippen LogP contribution in [0.5, 0.6) is 0 Å². The highest BCUT2D eigenvalue weighted by molar-refractivity contribution is 8.26. The monoisotopic (exact) mass is 300 g/mol. The molecule has 0 unspecified atom stereocenters. The molecule has 5 nitrogen and oxygen atoms in total. The van der Waals surface area contributed by atoms with Gasteiger partial charge in [-0.2, -0.15) is 0 Å². The Labute approximate surface area is 121 Å². The molecule has 0 spiro atoms. The quantitative estimate of drug-likeness (QED) is 0.629. The summed E-state index contributed by atoms with van der Waals surface area (Å²) in [6.07, 6.45) is 5.33. The minimum atomic E-state index is -0.922. The maximum absolute atomic E-state index is 12.1. The molecular weight excluding hydrogens is 284 g/mol. The Bertz CT molecular complexity index is 431. The number of piperidine rings is 1. The van der Waals surface area contributed by atoms with E-state index < -0.39 is 5.97 Å². The fourth-order valence-electron chi connectivity index (χ4n) is 2.10. The van der Waals surface area contributed by atoms with E-state index in [1.807, 2.05) is 6.20 Å². The predicted molar refractivity (Wildman–Crippen MR) is 77.7 cm³/mol. The number of carbonyl (C=O) groups excluding carboxylic acids is 1. The van der Waals surface area contributed by atoms with Gasteiger partial charge in [0.2, 0.25) is 0 Å². The highest BCUT2D eigenvalue weighted by atomic mass is 32.2. The highest BCUT2D eigenvalue weighted by Gasteiger charge is 2.32. The number of thiocarbonyl (C=S) groups is 1. The van der Waals surface area contributed by atoms with E-state index in [2.05, 4.69) is 4.90 Å². The van der Waals surface area contributed by atoms with Crippen molar-refractivity contribution in [1.29, 1.82) is 0 Å². The maximum atomic E-state index is 12.1. The summed E-state index contributed by atoms with van der Waals surface area (Å²) >= 11 is 6.39. The largest absolute Gasteiger partial charge is 0.481 e. The summed E-state index contributed by atoms with van der Waals surface area (Å²) in [5, 5.41) is 8.66. The van der Waals surface area contributed by atoms with Gasteiger partial charge in [-0.15, -0.1) is 0 Å². The molecule has 0 saturated carbocycles. The Morgan fingerprint density at radius 2 is 2.05 bits per heavy atom. The van der Waals surface area contributed by atoms with Crippen LogP contribution in [0.3, 0.4) is 0 Å². The van der Waals surface area contributed by atoms with Crippen molar-refractivity contribution in [3.63, 3.8) is 0 Å². The van der Waals surface area contributed by atoms with Crippen LogP contribution in [0, 0.1) is 0 Å². The fraction of sp³-hybridized carbons (Fsp3) is 0.583. The average Bonchev–Trinajstić information content (AvgIpc) is 2.63. The van der Waals surface area contributed by atoms with Crippen LogP contribution >= 0.6 is 24.0 Å². The van der Waals surface area contributed by atoms with Gasteiger partial charge in [0.05, 0.1) is 11.3 Å². The summed E-state index contributed by atoms with van der Waals surface area (Å²) < 4.78 is 0.453. The number of hydrogen-bond acceptors (Lipinski definition) is 5. The van der Waals surface area contributed by atoms with E-state index >= 15 is 0 Å². The van der Waals surface area contributed by atoms with Gasteiger partial charge in [-0.3, -0.25) is 14.5 Å². The van der Waals surface area contributed by atoms with Crippen LogP contribution in [0.25, 0.3) is 0 Å². The number of likely N-dealkylation sites (tertiary alicyclic amines) is 1. The van der Waals surface area contributed by atoms with Crippen LogP contribution in [0.2, 0.25) is 0 Å². The molecule has 2 rings (SSSR count). The third kappa shape index (κ3) is 3.70. The molecule has 2 fully saturated rings. The van der Waals surface area contributed by atoms with Crippen LogP contribution in [-0.4, -0.2) is 50.7 Å².